The number of carbonyl (C=O) groups excluding carboxylic acids is 2. The van der Waals surface area contributed by atoms with Crippen molar-refractivity contribution in [2.45, 2.75) is 44.6 Å². The lowest BCUT2D eigenvalue weighted by Gasteiger charge is -2.33. The maximum absolute atomic E-state index is 13.2. The van der Waals surface area contributed by atoms with Crippen LogP contribution in [0.1, 0.15) is 58.4 Å². The smallest absolute Gasteiger partial charge is 0.254 e. The Labute approximate surface area is 199 Å². The van der Waals surface area contributed by atoms with Gasteiger partial charge in [-0.15, -0.1) is 6.42 Å². The standard InChI is InChI=1S/C28H29N3O3/c1-4-28(12-6-5-7-13-28)31-26(32)21-10-8-9-20(16-21)23-15-19(2)24(27(33)29-3)18-34-17-22-11-14-30-25(22)23/h1,8-11,14-18,30H,5-7,12-13H2,2-3H3,(H,29,33)(H,31,32). The van der Waals surface area contributed by atoms with E-state index in [-0.39, 0.29) is 11.8 Å². The summed E-state index contributed by atoms with van der Waals surface area (Å²) >= 11 is 0. The van der Waals surface area contributed by atoms with Gasteiger partial charge in [-0.1, -0.05) is 37.3 Å². The number of aromatic nitrogens is 1. The summed E-state index contributed by atoms with van der Waals surface area (Å²) in [6.07, 6.45) is 15.5. The van der Waals surface area contributed by atoms with Gasteiger partial charge in [0.1, 0.15) is 11.8 Å². The fourth-order valence-corrected chi connectivity index (χ4v) is 4.52. The Morgan fingerprint density at radius 2 is 1.88 bits per heavy atom. The number of hydrogen-bond donors (Lipinski definition) is 3. The van der Waals surface area contributed by atoms with Gasteiger partial charge >= 0.3 is 0 Å². The molecule has 174 valence electrons. The lowest BCUT2D eigenvalue weighted by atomic mass is 9.82. The van der Waals surface area contributed by atoms with Crippen LogP contribution >= 0.6 is 0 Å². The number of rotatable bonds is 4. The summed E-state index contributed by atoms with van der Waals surface area (Å²) in [4.78, 5) is 28.9. The minimum Gasteiger partial charge on any atom is -0.471 e. The molecule has 1 aliphatic rings. The van der Waals surface area contributed by atoms with Gasteiger partial charge in [-0.2, -0.15) is 0 Å². The van der Waals surface area contributed by atoms with Gasteiger partial charge in [-0.05, 0) is 55.2 Å². The number of aryl methyl sites for hydroxylation is 1. The second-order valence-electron chi connectivity index (χ2n) is 8.74. The van der Waals surface area contributed by atoms with Crippen molar-refractivity contribution in [1.82, 2.24) is 15.6 Å². The van der Waals surface area contributed by atoms with Crippen molar-refractivity contribution >= 4 is 22.7 Å². The second-order valence-corrected chi connectivity index (χ2v) is 8.74. The van der Waals surface area contributed by atoms with Crippen molar-refractivity contribution < 1.29 is 14.0 Å². The van der Waals surface area contributed by atoms with E-state index < -0.39 is 5.54 Å². The average Bonchev–Trinajstić information content (AvgIpc) is 3.34. The lowest BCUT2D eigenvalue weighted by Crippen LogP contribution is -2.48. The van der Waals surface area contributed by atoms with Crippen LogP contribution in [0.2, 0.25) is 0 Å². The van der Waals surface area contributed by atoms with Gasteiger partial charge in [0.05, 0.1) is 17.3 Å². The molecule has 0 spiro atoms. The molecule has 3 N–H and O–H groups in total. The molecule has 3 aromatic rings. The first kappa shape index (κ1) is 23.2. The van der Waals surface area contributed by atoms with Crippen LogP contribution in [0.4, 0.5) is 0 Å². The van der Waals surface area contributed by atoms with Crippen LogP contribution in [0.15, 0.2) is 59.5 Å². The third-order valence-electron chi connectivity index (χ3n) is 6.46. The van der Waals surface area contributed by atoms with Gasteiger partial charge < -0.3 is 20.0 Å². The summed E-state index contributed by atoms with van der Waals surface area (Å²) in [5.74, 6) is 2.42. The van der Waals surface area contributed by atoms with E-state index in [0.717, 1.165) is 59.7 Å². The molecule has 1 aliphatic carbocycles. The van der Waals surface area contributed by atoms with Crippen LogP contribution in [0, 0.1) is 19.3 Å². The van der Waals surface area contributed by atoms with Crippen molar-refractivity contribution in [3.05, 3.63) is 71.8 Å². The van der Waals surface area contributed by atoms with Gasteiger partial charge in [0.15, 0.2) is 0 Å². The highest BCUT2D eigenvalue weighted by molar-refractivity contribution is 5.99. The zero-order valence-electron chi connectivity index (χ0n) is 19.5. The predicted molar refractivity (Wildman–Crippen MR) is 134 cm³/mol. The largest absolute Gasteiger partial charge is 0.471 e. The van der Waals surface area contributed by atoms with Crippen molar-refractivity contribution in [2.75, 3.05) is 7.05 Å². The summed E-state index contributed by atoms with van der Waals surface area (Å²) in [6, 6.07) is 11.3. The first-order valence-electron chi connectivity index (χ1n) is 11.5. The third kappa shape index (κ3) is 4.69. The van der Waals surface area contributed by atoms with E-state index in [1.165, 1.54) is 6.26 Å². The van der Waals surface area contributed by atoms with E-state index in [4.69, 9.17) is 10.8 Å². The highest BCUT2D eigenvalue weighted by atomic mass is 16.3. The molecule has 2 heterocycles. The van der Waals surface area contributed by atoms with Crippen LogP contribution in [-0.2, 0) is 0 Å². The van der Waals surface area contributed by atoms with E-state index in [9.17, 15) is 9.59 Å². The minimum atomic E-state index is -0.584. The Kier molecular flexibility index (Phi) is 6.74. The average molecular weight is 456 g/mol. The molecule has 0 saturated heterocycles. The highest BCUT2D eigenvalue weighted by Gasteiger charge is 2.31. The molecule has 2 aromatic heterocycles. The minimum absolute atomic E-state index is 0.182. The van der Waals surface area contributed by atoms with Gasteiger partial charge in [0, 0.05) is 29.8 Å². The molecule has 1 aromatic carbocycles. The zero-order valence-corrected chi connectivity index (χ0v) is 19.5. The molecule has 34 heavy (non-hydrogen) atoms. The lowest BCUT2D eigenvalue weighted by molar-refractivity contribution is 0.0902. The molecule has 0 radical (unpaired) electrons. The van der Waals surface area contributed by atoms with E-state index in [0.29, 0.717) is 11.1 Å². The topological polar surface area (TPSA) is 87.1 Å². The Morgan fingerprint density at radius 3 is 2.62 bits per heavy atom. The third-order valence-corrected chi connectivity index (χ3v) is 6.46. The normalized spacial score (nSPS) is 14.6. The summed E-state index contributed by atoms with van der Waals surface area (Å²) in [6.45, 7) is 1.86. The summed E-state index contributed by atoms with van der Waals surface area (Å²) < 4.78 is 5.59. The molecule has 6 heteroatoms. The van der Waals surface area contributed by atoms with Crippen molar-refractivity contribution in [1.29, 1.82) is 0 Å². The molecule has 2 amide bonds. The maximum atomic E-state index is 13.2. The number of H-pyrrole nitrogens is 1. The summed E-state index contributed by atoms with van der Waals surface area (Å²) in [5, 5.41) is 6.60. The molecule has 1 saturated carbocycles. The zero-order chi connectivity index (χ0) is 24.1. The summed E-state index contributed by atoms with van der Waals surface area (Å²) in [5.41, 5.74) is 3.60. The molecule has 0 aliphatic heterocycles. The van der Waals surface area contributed by atoms with E-state index in [1.54, 1.807) is 19.4 Å². The number of amides is 2. The van der Waals surface area contributed by atoms with Crippen LogP contribution in [-0.4, -0.2) is 29.4 Å². The number of fused-ring (bicyclic) bond motifs is 1. The molecular weight excluding hydrogens is 426 g/mol. The van der Waals surface area contributed by atoms with E-state index >= 15 is 0 Å². The van der Waals surface area contributed by atoms with E-state index in [2.05, 4.69) is 21.5 Å². The number of terminal acetylenes is 1. The molecule has 0 atom stereocenters. The van der Waals surface area contributed by atoms with Crippen LogP contribution in [0.5, 0.6) is 0 Å². The molecule has 1 fully saturated rings. The molecule has 0 bridgehead atoms. The fourth-order valence-electron chi connectivity index (χ4n) is 4.52. The van der Waals surface area contributed by atoms with E-state index in [1.807, 2.05) is 43.5 Å². The Morgan fingerprint density at radius 1 is 1.09 bits per heavy atom. The first-order chi connectivity index (χ1) is 16.5. The van der Waals surface area contributed by atoms with Gasteiger partial charge in [-0.25, -0.2) is 0 Å². The quantitative estimate of drug-likeness (QED) is 0.468. The number of hydrogen-bond acceptors (Lipinski definition) is 3. The van der Waals surface area contributed by atoms with Gasteiger partial charge in [0.25, 0.3) is 11.8 Å². The molecular formula is C28H29N3O3. The van der Waals surface area contributed by atoms with Crippen molar-refractivity contribution in [3.8, 4) is 23.5 Å². The molecule has 0 unspecified atom stereocenters. The van der Waals surface area contributed by atoms with Crippen LogP contribution in [0.25, 0.3) is 22.0 Å². The second kappa shape index (κ2) is 9.88. The summed E-state index contributed by atoms with van der Waals surface area (Å²) in [7, 11) is 1.58. The first-order valence-corrected chi connectivity index (χ1v) is 11.5. The van der Waals surface area contributed by atoms with Gasteiger partial charge in [0.2, 0.25) is 0 Å². The number of aromatic amines is 1. The SMILES string of the molecule is C#CC1(NC(=O)c2cccc(-c3cc(C)c(C(=O)NC)cocc4cc[nH]c34)c2)CCCCC1. The highest BCUT2D eigenvalue weighted by Crippen LogP contribution is 2.30. The van der Waals surface area contributed by atoms with Crippen molar-refractivity contribution in [3.63, 3.8) is 0 Å². The maximum Gasteiger partial charge on any atom is 0.254 e. The number of nitrogens with one attached hydrogen (secondary N) is 3. The predicted octanol–water partition coefficient (Wildman–Crippen LogP) is 5.29. The molecule has 4 rings (SSSR count). The Hall–Kier alpha value is -3.98. The van der Waals surface area contributed by atoms with Gasteiger partial charge in [-0.3, -0.25) is 9.59 Å². The van der Waals surface area contributed by atoms with Crippen molar-refractivity contribution in [2.24, 2.45) is 0 Å². The number of carbonyl (C=O) groups is 2. The fraction of sp³-hybridized carbons (Fsp3) is 0.286. The van der Waals surface area contributed by atoms with Crippen LogP contribution in [0.3, 0.4) is 0 Å². The number of benzene rings is 1. The molecule has 6 nitrogen and oxygen atoms in total. The Bertz CT molecular complexity index is 1320. The van der Waals surface area contributed by atoms with Crippen LogP contribution < -0.4 is 10.6 Å². The Balaban J connectivity index is 1.81. The monoisotopic (exact) mass is 455 g/mol.